The molecule has 1 aliphatic heterocycles. The summed E-state index contributed by atoms with van der Waals surface area (Å²) in [5.74, 6) is -1.66. The summed E-state index contributed by atoms with van der Waals surface area (Å²) in [6.45, 7) is 1.58. The first kappa shape index (κ1) is 16.6. The summed E-state index contributed by atoms with van der Waals surface area (Å²) in [5.41, 5.74) is 1.18. The van der Waals surface area contributed by atoms with Gasteiger partial charge >= 0.3 is 0 Å². The maximum atomic E-state index is 13.5. The van der Waals surface area contributed by atoms with Crippen molar-refractivity contribution in [1.29, 1.82) is 0 Å². The molecule has 0 bridgehead atoms. The molecule has 2 atom stereocenters. The average molecular weight is 332 g/mol. The second kappa shape index (κ2) is 6.71. The molecule has 2 fully saturated rings. The minimum atomic E-state index is -0.406. The monoisotopic (exact) mass is 332 g/mol. The Hall–Kier alpha value is -2.24. The molecular weight excluding hydrogens is 311 g/mol. The molecule has 128 valence electrons. The van der Waals surface area contributed by atoms with E-state index in [-0.39, 0.29) is 42.6 Å². The van der Waals surface area contributed by atoms with Crippen LogP contribution in [-0.4, -0.2) is 29.2 Å². The lowest BCUT2D eigenvalue weighted by molar-refractivity contribution is -0.143. The highest BCUT2D eigenvalue weighted by Crippen LogP contribution is 2.37. The predicted octanol–water partition coefficient (Wildman–Crippen LogP) is 1.93. The van der Waals surface area contributed by atoms with Crippen LogP contribution in [-0.2, 0) is 20.9 Å². The number of imide groups is 1. The molecule has 0 spiro atoms. The molecule has 0 aromatic heterocycles. The molecule has 1 saturated heterocycles. The van der Waals surface area contributed by atoms with Gasteiger partial charge in [0.05, 0.1) is 11.8 Å². The number of benzene rings is 1. The maximum absolute atomic E-state index is 13.5. The number of rotatable bonds is 4. The van der Waals surface area contributed by atoms with Gasteiger partial charge in [0.15, 0.2) is 0 Å². The first-order valence-corrected chi connectivity index (χ1v) is 8.34. The first-order valence-electron chi connectivity index (χ1n) is 8.34. The van der Waals surface area contributed by atoms with Gasteiger partial charge in [-0.3, -0.25) is 19.3 Å². The lowest BCUT2D eigenvalue weighted by Crippen LogP contribution is -2.40. The highest BCUT2D eigenvalue weighted by Gasteiger charge is 2.48. The number of halogens is 1. The van der Waals surface area contributed by atoms with Gasteiger partial charge in [0.2, 0.25) is 17.7 Å². The Balaban J connectivity index is 1.57. The van der Waals surface area contributed by atoms with Gasteiger partial charge < -0.3 is 5.32 Å². The highest BCUT2D eigenvalue weighted by atomic mass is 19.1. The van der Waals surface area contributed by atoms with Crippen molar-refractivity contribution in [1.82, 2.24) is 10.2 Å². The fourth-order valence-corrected chi connectivity index (χ4v) is 3.53. The van der Waals surface area contributed by atoms with Gasteiger partial charge in [0, 0.05) is 6.54 Å². The molecule has 0 unspecified atom stereocenters. The van der Waals surface area contributed by atoms with E-state index in [1.807, 2.05) is 0 Å². The number of hydrogen-bond donors (Lipinski definition) is 1. The van der Waals surface area contributed by atoms with E-state index in [2.05, 4.69) is 5.32 Å². The third kappa shape index (κ3) is 3.18. The van der Waals surface area contributed by atoms with E-state index in [0.29, 0.717) is 11.1 Å². The van der Waals surface area contributed by atoms with Gasteiger partial charge in [-0.2, -0.15) is 0 Å². The van der Waals surface area contributed by atoms with E-state index in [9.17, 15) is 18.8 Å². The minimum Gasteiger partial charge on any atom is -0.350 e. The van der Waals surface area contributed by atoms with Crippen LogP contribution in [0.25, 0.3) is 0 Å². The molecule has 2 aliphatic rings. The van der Waals surface area contributed by atoms with E-state index < -0.39 is 5.91 Å². The largest absolute Gasteiger partial charge is 0.350 e. The van der Waals surface area contributed by atoms with Gasteiger partial charge in [-0.05, 0) is 37.0 Å². The second-order valence-corrected chi connectivity index (χ2v) is 6.62. The highest BCUT2D eigenvalue weighted by molar-refractivity contribution is 6.07. The fraction of sp³-hybridized carbons (Fsp3) is 0.500. The van der Waals surface area contributed by atoms with Crippen molar-refractivity contribution in [3.05, 3.63) is 35.1 Å². The van der Waals surface area contributed by atoms with Crippen molar-refractivity contribution in [2.45, 2.75) is 39.2 Å². The third-order valence-electron chi connectivity index (χ3n) is 4.96. The van der Waals surface area contributed by atoms with Crippen LogP contribution in [0.1, 0.15) is 36.8 Å². The Kier molecular flexibility index (Phi) is 4.64. The molecule has 1 aromatic carbocycles. The Morgan fingerprint density at radius 2 is 1.83 bits per heavy atom. The summed E-state index contributed by atoms with van der Waals surface area (Å²) in [7, 11) is 0. The van der Waals surface area contributed by atoms with Crippen LogP contribution >= 0.6 is 0 Å². The van der Waals surface area contributed by atoms with Crippen molar-refractivity contribution in [3.8, 4) is 0 Å². The molecule has 24 heavy (non-hydrogen) atoms. The average Bonchev–Trinajstić information content (AvgIpc) is 2.81. The van der Waals surface area contributed by atoms with Crippen molar-refractivity contribution < 1.29 is 18.8 Å². The summed E-state index contributed by atoms with van der Waals surface area (Å²) in [4.78, 5) is 37.8. The molecule has 1 aromatic rings. The second-order valence-electron chi connectivity index (χ2n) is 6.62. The zero-order chi connectivity index (χ0) is 17.3. The number of nitrogens with zero attached hydrogens (tertiary/aromatic N) is 1. The van der Waals surface area contributed by atoms with Crippen LogP contribution in [0.5, 0.6) is 0 Å². The summed E-state index contributed by atoms with van der Waals surface area (Å²) < 4.78 is 13.5. The zero-order valence-corrected chi connectivity index (χ0v) is 13.7. The van der Waals surface area contributed by atoms with E-state index in [0.717, 1.165) is 30.6 Å². The number of hydrogen-bond acceptors (Lipinski definition) is 3. The maximum Gasteiger partial charge on any atom is 0.240 e. The number of fused-ring (bicyclic) bond motifs is 1. The summed E-state index contributed by atoms with van der Waals surface area (Å²) in [5, 5.41) is 2.64. The van der Waals surface area contributed by atoms with Crippen molar-refractivity contribution in [2.75, 3.05) is 6.54 Å². The van der Waals surface area contributed by atoms with Crippen LogP contribution in [0.15, 0.2) is 18.2 Å². The Bertz CT molecular complexity index is 665. The fourth-order valence-electron chi connectivity index (χ4n) is 3.53. The summed E-state index contributed by atoms with van der Waals surface area (Å²) in [6.07, 6.45) is 3.38. The van der Waals surface area contributed by atoms with Crippen molar-refractivity contribution in [3.63, 3.8) is 0 Å². The smallest absolute Gasteiger partial charge is 0.240 e. The molecule has 1 saturated carbocycles. The molecule has 1 aliphatic carbocycles. The molecule has 3 amide bonds. The van der Waals surface area contributed by atoms with Gasteiger partial charge in [-0.25, -0.2) is 4.39 Å². The first-order chi connectivity index (χ1) is 11.5. The standard InChI is InChI=1S/C18H21FN2O3/c1-11-6-7-12(8-15(11)19)9-20-16(22)10-21-17(23)13-4-2-3-5-14(13)18(21)24/h6-8,13-14H,2-5,9-10H2,1H3,(H,20,22)/t13-,14-/m0/s1. The minimum absolute atomic E-state index is 0.166. The normalized spacial score (nSPS) is 23.3. The van der Waals surface area contributed by atoms with E-state index in [1.54, 1.807) is 19.1 Å². The number of carbonyl (C=O) groups is 3. The quantitative estimate of drug-likeness (QED) is 0.857. The Morgan fingerprint density at radius 1 is 1.21 bits per heavy atom. The van der Waals surface area contributed by atoms with Crippen LogP contribution in [0.2, 0.25) is 0 Å². The predicted molar refractivity (Wildman–Crippen MR) is 85.2 cm³/mol. The van der Waals surface area contributed by atoms with E-state index in [4.69, 9.17) is 0 Å². The van der Waals surface area contributed by atoms with Gasteiger partial charge in [0.1, 0.15) is 12.4 Å². The molecular formula is C18H21FN2O3. The van der Waals surface area contributed by atoms with Crippen molar-refractivity contribution >= 4 is 17.7 Å². The molecule has 5 nitrogen and oxygen atoms in total. The third-order valence-corrected chi connectivity index (χ3v) is 4.96. The lowest BCUT2D eigenvalue weighted by atomic mass is 9.81. The van der Waals surface area contributed by atoms with Gasteiger partial charge in [-0.1, -0.05) is 25.0 Å². The summed E-state index contributed by atoms with van der Waals surface area (Å²) >= 11 is 0. The van der Waals surface area contributed by atoms with Crippen LogP contribution in [0, 0.1) is 24.6 Å². The van der Waals surface area contributed by atoms with Crippen LogP contribution in [0.4, 0.5) is 4.39 Å². The number of likely N-dealkylation sites (tertiary alicyclic amines) is 1. The molecule has 0 radical (unpaired) electrons. The topological polar surface area (TPSA) is 66.5 Å². The van der Waals surface area contributed by atoms with Crippen LogP contribution in [0.3, 0.4) is 0 Å². The molecule has 1 heterocycles. The summed E-state index contributed by atoms with van der Waals surface area (Å²) in [6, 6.07) is 4.75. The Labute approximate surface area is 140 Å². The molecule has 3 rings (SSSR count). The number of aryl methyl sites for hydroxylation is 1. The number of carbonyl (C=O) groups excluding carboxylic acids is 3. The number of nitrogens with one attached hydrogen (secondary N) is 1. The molecule has 6 heteroatoms. The Morgan fingerprint density at radius 3 is 2.42 bits per heavy atom. The van der Waals surface area contributed by atoms with Crippen LogP contribution < -0.4 is 5.32 Å². The van der Waals surface area contributed by atoms with E-state index in [1.165, 1.54) is 6.07 Å². The van der Waals surface area contributed by atoms with E-state index >= 15 is 0 Å². The van der Waals surface area contributed by atoms with Gasteiger partial charge in [-0.15, -0.1) is 0 Å². The van der Waals surface area contributed by atoms with Gasteiger partial charge in [0.25, 0.3) is 0 Å². The number of amides is 3. The SMILES string of the molecule is Cc1ccc(CNC(=O)CN2C(=O)[C@H]3CCCC[C@@H]3C2=O)cc1F. The molecule has 1 N–H and O–H groups in total. The van der Waals surface area contributed by atoms with Crippen molar-refractivity contribution in [2.24, 2.45) is 11.8 Å². The lowest BCUT2D eigenvalue weighted by Gasteiger charge is -2.19. The zero-order valence-electron chi connectivity index (χ0n) is 13.7.